The van der Waals surface area contributed by atoms with Crippen LogP contribution in [0.1, 0.15) is 37.0 Å². The lowest BCUT2D eigenvalue weighted by atomic mass is 10.2. The minimum atomic E-state index is 0.341. The Morgan fingerprint density at radius 2 is 1.87 bits per heavy atom. The number of nitrogens with zero attached hydrogens (tertiary/aromatic N) is 5. The van der Waals surface area contributed by atoms with Crippen LogP contribution in [0.3, 0.4) is 0 Å². The number of hydrogen-bond acceptors (Lipinski definition) is 7. The molecule has 0 saturated carbocycles. The average Bonchev–Trinajstić information content (AvgIpc) is 3.22. The van der Waals surface area contributed by atoms with Gasteiger partial charge >= 0.3 is 0 Å². The molecule has 6 nitrogen and oxygen atoms in total. The van der Waals surface area contributed by atoms with Gasteiger partial charge in [0.25, 0.3) is 0 Å². The smallest absolute Gasteiger partial charge is 0.133 e. The summed E-state index contributed by atoms with van der Waals surface area (Å²) >= 11 is 1.69. The van der Waals surface area contributed by atoms with Gasteiger partial charge in [-0.3, -0.25) is 4.90 Å². The molecule has 0 spiro atoms. The monoisotopic (exact) mass is 423 g/mol. The third-order valence-corrected chi connectivity index (χ3v) is 6.26. The number of ether oxygens (including phenoxy) is 1. The molecule has 0 unspecified atom stereocenters. The zero-order chi connectivity index (χ0) is 21.1. The fourth-order valence-corrected chi connectivity index (χ4v) is 4.44. The number of benzene rings is 1. The van der Waals surface area contributed by atoms with E-state index in [9.17, 15) is 0 Å². The molecule has 3 aromatic rings. The largest absolute Gasteiger partial charge is 0.497 e. The van der Waals surface area contributed by atoms with Crippen LogP contribution in [0.15, 0.2) is 35.7 Å². The van der Waals surface area contributed by atoms with E-state index in [1.807, 2.05) is 18.2 Å². The molecular weight excluding hydrogens is 394 g/mol. The van der Waals surface area contributed by atoms with Crippen molar-refractivity contribution in [3.05, 3.63) is 52.9 Å². The predicted octanol–water partition coefficient (Wildman–Crippen LogP) is 4.36. The Hall–Kier alpha value is -2.51. The maximum absolute atomic E-state index is 5.33. The number of rotatable bonds is 6. The SMILES string of the molecule is COc1cccc(-c2nc(CN3CCN(c4cc(C)nc(C(C)C)n4)CC3)cs2)c1. The fraction of sp³-hybridized carbons (Fsp3) is 0.435. The van der Waals surface area contributed by atoms with Gasteiger partial charge in [0.05, 0.1) is 12.8 Å². The Morgan fingerprint density at radius 1 is 1.07 bits per heavy atom. The third kappa shape index (κ3) is 4.79. The highest BCUT2D eigenvalue weighted by Crippen LogP contribution is 2.27. The van der Waals surface area contributed by atoms with E-state index in [1.54, 1.807) is 18.4 Å². The molecule has 30 heavy (non-hydrogen) atoms. The van der Waals surface area contributed by atoms with Crippen molar-refractivity contribution in [3.8, 4) is 16.3 Å². The highest BCUT2D eigenvalue weighted by atomic mass is 32.1. The summed E-state index contributed by atoms with van der Waals surface area (Å²) in [6.07, 6.45) is 0. The Bertz CT molecular complexity index is 995. The summed E-state index contributed by atoms with van der Waals surface area (Å²) in [6.45, 7) is 11.2. The van der Waals surface area contributed by atoms with E-state index in [0.717, 1.165) is 72.1 Å². The van der Waals surface area contributed by atoms with E-state index in [1.165, 1.54) is 0 Å². The standard InChI is InChI=1S/C23H29N5OS/c1-16(2)22-24-17(3)12-21(26-22)28-10-8-27(9-11-28)14-19-15-30-23(25-19)18-6-5-7-20(13-18)29-4/h5-7,12-13,15-16H,8-11,14H2,1-4H3. The second-order valence-corrected chi connectivity index (χ2v) is 8.88. The number of aryl methyl sites for hydroxylation is 1. The lowest BCUT2D eigenvalue weighted by molar-refractivity contribution is 0.247. The summed E-state index contributed by atoms with van der Waals surface area (Å²) in [7, 11) is 1.69. The molecule has 0 radical (unpaired) electrons. The first-order valence-corrected chi connectivity index (χ1v) is 11.3. The Balaban J connectivity index is 1.37. The highest BCUT2D eigenvalue weighted by Gasteiger charge is 2.20. The molecule has 1 aliphatic heterocycles. The molecule has 2 aromatic heterocycles. The topological polar surface area (TPSA) is 54.4 Å². The Kier molecular flexibility index (Phi) is 6.29. The molecule has 1 aliphatic rings. The minimum Gasteiger partial charge on any atom is -0.497 e. The van der Waals surface area contributed by atoms with Crippen LogP contribution in [-0.2, 0) is 6.54 Å². The second kappa shape index (κ2) is 9.10. The first-order chi connectivity index (χ1) is 14.5. The molecule has 0 amide bonds. The predicted molar refractivity (Wildman–Crippen MR) is 122 cm³/mol. The molecule has 1 saturated heterocycles. The van der Waals surface area contributed by atoms with Crippen LogP contribution < -0.4 is 9.64 Å². The fourth-order valence-electron chi connectivity index (χ4n) is 3.63. The third-order valence-electron chi connectivity index (χ3n) is 5.32. The molecule has 158 valence electrons. The van der Waals surface area contributed by atoms with Crippen LogP contribution in [0.4, 0.5) is 5.82 Å². The number of piperazine rings is 1. The van der Waals surface area contributed by atoms with Gasteiger partial charge in [-0.15, -0.1) is 11.3 Å². The summed E-state index contributed by atoms with van der Waals surface area (Å²) in [5.74, 6) is 3.19. The first kappa shape index (κ1) is 20.8. The number of anilines is 1. The number of aromatic nitrogens is 3. The molecule has 0 N–H and O–H groups in total. The van der Waals surface area contributed by atoms with Crippen molar-refractivity contribution in [2.24, 2.45) is 0 Å². The molecule has 1 aromatic carbocycles. The van der Waals surface area contributed by atoms with Crippen LogP contribution in [0.5, 0.6) is 5.75 Å². The highest BCUT2D eigenvalue weighted by molar-refractivity contribution is 7.13. The zero-order valence-corrected chi connectivity index (χ0v) is 18.9. The molecule has 3 heterocycles. The maximum Gasteiger partial charge on any atom is 0.133 e. The van der Waals surface area contributed by atoms with Crippen LogP contribution in [0, 0.1) is 6.92 Å². The lowest BCUT2D eigenvalue weighted by Gasteiger charge is -2.35. The van der Waals surface area contributed by atoms with E-state index < -0.39 is 0 Å². The summed E-state index contributed by atoms with van der Waals surface area (Å²) in [5, 5.41) is 3.21. The minimum absolute atomic E-state index is 0.341. The normalized spacial score (nSPS) is 15.0. The van der Waals surface area contributed by atoms with Gasteiger partial charge in [-0.25, -0.2) is 15.0 Å². The van der Waals surface area contributed by atoms with Crippen molar-refractivity contribution in [3.63, 3.8) is 0 Å². The van der Waals surface area contributed by atoms with Crippen LogP contribution in [-0.4, -0.2) is 53.1 Å². The van der Waals surface area contributed by atoms with Gasteiger partial charge in [-0.1, -0.05) is 26.0 Å². The molecule has 7 heteroatoms. The molecule has 0 atom stereocenters. The average molecular weight is 424 g/mol. The summed E-state index contributed by atoms with van der Waals surface area (Å²) in [5.41, 5.74) is 3.28. The van der Waals surface area contributed by atoms with E-state index in [2.05, 4.69) is 53.1 Å². The van der Waals surface area contributed by atoms with Crippen molar-refractivity contribution in [1.82, 2.24) is 19.9 Å². The number of thiazole rings is 1. The quantitative estimate of drug-likeness (QED) is 0.587. The Labute approximate surface area is 182 Å². The van der Waals surface area contributed by atoms with Crippen LogP contribution in [0.2, 0.25) is 0 Å². The summed E-state index contributed by atoms with van der Waals surface area (Å²) < 4.78 is 5.33. The molecule has 1 fully saturated rings. The Morgan fingerprint density at radius 3 is 2.60 bits per heavy atom. The van der Waals surface area contributed by atoms with Crippen molar-refractivity contribution in [2.75, 3.05) is 38.2 Å². The molecule has 0 bridgehead atoms. The summed E-state index contributed by atoms with van der Waals surface area (Å²) in [4.78, 5) is 19.1. The van der Waals surface area contributed by atoms with Gasteiger partial charge < -0.3 is 9.64 Å². The van der Waals surface area contributed by atoms with Crippen molar-refractivity contribution < 1.29 is 4.74 Å². The van der Waals surface area contributed by atoms with Gasteiger partial charge in [-0.05, 0) is 19.1 Å². The van der Waals surface area contributed by atoms with Crippen molar-refractivity contribution in [1.29, 1.82) is 0 Å². The van der Waals surface area contributed by atoms with Crippen LogP contribution in [0.25, 0.3) is 10.6 Å². The van der Waals surface area contributed by atoms with E-state index in [0.29, 0.717) is 5.92 Å². The van der Waals surface area contributed by atoms with Gasteiger partial charge in [-0.2, -0.15) is 0 Å². The van der Waals surface area contributed by atoms with Crippen LogP contribution >= 0.6 is 11.3 Å². The van der Waals surface area contributed by atoms with E-state index >= 15 is 0 Å². The van der Waals surface area contributed by atoms with Gasteiger partial charge in [0, 0.05) is 61.3 Å². The lowest BCUT2D eigenvalue weighted by Crippen LogP contribution is -2.46. The first-order valence-electron chi connectivity index (χ1n) is 10.4. The molecule has 0 aliphatic carbocycles. The van der Waals surface area contributed by atoms with Crippen molar-refractivity contribution >= 4 is 17.2 Å². The zero-order valence-electron chi connectivity index (χ0n) is 18.1. The number of hydrogen-bond donors (Lipinski definition) is 0. The summed E-state index contributed by atoms with van der Waals surface area (Å²) in [6, 6.07) is 10.2. The van der Waals surface area contributed by atoms with Gasteiger partial charge in [0.1, 0.15) is 22.4 Å². The van der Waals surface area contributed by atoms with E-state index in [4.69, 9.17) is 14.7 Å². The molecule has 4 rings (SSSR count). The van der Waals surface area contributed by atoms with Gasteiger partial charge in [0.15, 0.2) is 0 Å². The van der Waals surface area contributed by atoms with E-state index in [-0.39, 0.29) is 0 Å². The molecular formula is C23H29N5OS. The second-order valence-electron chi connectivity index (χ2n) is 8.02. The maximum atomic E-state index is 5.33. The number of methoxy groups -OCH3 is 1. The van der Waals surface area contributed by atoms with Crippen molar-refractivity contribution in [2.45, 2.75) is 33.2 Å². The van der Waals surface area contributed by atoms with Gasteiger partial charge in [0.2, 0.25) is 0 Å².